The van der Waals surface area contributed by atoms with E-state index in [1.165, 1.54) is 16.7 Å². The van der Waals surface area contributed by atoms with Crippen molar-refractivity contribution in [3.05, 3.63) is 28.8 Å². The average Bonchev–Trinajstić information content (AvgIpc) is 2.34. The molecule has 0 aliphatic carbocycles. The third-order valence-corrected chi connectivity index (χ3v) is 2.29. The van der Waals surface area contributed by atoms with Crippen LogP contribution in [0.25, 0.3) is 0 Å². The van der Waals surface area contributed by atoms with Gasteiger partial charge in [0.15, 0.2) is 0 Å². The summed E-state index contributed by atoms with van der Waals surface area (Å²) < 4.78 is 0. The second kappa shape index (κ2) is 17.9. The molecule has 0 heterocycles. The van der Waals surface area contributed by atoms with Crippen molar-refractivity contribution in [1.29, 1.82) is 0 Å². The largest absolute Gasteiger partial charge is 0.143 e. The molecule has 0 fully saturated rings. The van der Waals surface area contributed by atoms with E-state index in [0.717, 1.165) is 4.90 Å². The highest BCUT2D eigenvalue weighted by Gasteiger charge is 1.95. The molecule has 104 valence electrons. The SMILES string of the molecule is C.CC.CC.CC.Cc1cc(C)c(S)cc1C. The number of hydrogen-bond donors (Lipinski definition) is 1. The first-order valence-electron chi connectivity index (χ1n) is 6.38. The number of thiol groups is 1. The standard InChI is InChI=1S/C9H12S.3C2H6.CH4/c1-6-4-8(3)9(10)5-7(6)2;3*1-2;/h4-5,10H,1-3H3;3*1-2H3;1H4. The number of benzene rings is 1. The minimum atomic E-state index is 0. The topological polar surface area (TPSA) is 0 Å². The fourth-order valence-electron chi connectivity index (χ4n) is 0.945. The summed E-state index contributed by atoms with van der Waals surface area (Å²) in [6.07, 6.45) is 0. The first-order valence-corrected chi connectivity index (χ1v) is 6.83. The molecule has 0 spiro atoms. The van der Waals surface area contributed by atoms with Gasteiger partial charge in [-0.1, -0.05) is 55.0 Å². The summed E-state index contributed by atoms with van der Waals surface area (Å²) in [4.78, 5) is 1.09. The minimum absolute atomic E-state index is 0. The van der Waals surface area contributed by atoms with E-state index in [1.54, 1.807) is 0 Å². The molecule has 0 saturated carbocycles. The van der Waals surface area contributed by atoms with Gasteiger partial charge in [-0.15, -0.1) is 12.6 Å². The Morgan fingerprint density at radius 3 is 1.24 bits per heavy atom. The Balaban J connectivity index is -0.000000106. The summed E-state index contributed by atoms with van der Waals surface area (Å²) in [5.74, 6) is 0. The maximum absolute atomic E-state index is 4.31. The average molecular weight is 259 g/mol. The molecule has 0 aliphatic rings. The van der Waals surface area contributed by atoms with E-state index in [2.05, 4.69) is 45.5 Å². The van der Waals surface area contributed by atoms with Gasteiger partial charge in [-0.25, -0.2) is 0 Å². The zero-order valence-electron chi connectivity index (χ0n) is 12.6. The summed E-state index contributed by atoms with van der Waals surface area (Å²) in [5.41, 5.74) is 3.91. The van der Waals surface area contributed by atoms with Crippen LogP contribution in [0, 0.1) is 20.8 Å². The quantitative estimate of drug-likeness (QED) is 0.497. The number of hydrogen-bond acceptors (Lipinski definition) is 1. The summed E-state index contributed by atoms with van der Waals surface area (Å²) in [6, 6.07) is 4.27. The van der Waals surface area contributed by atoms with Gasteiger partial charge in [0.1, 0.15) is 0 Å². The van der Waals surface area contributed by atoms with Crippen LogP contribution >= 0.6 is 12.6 Å². The molecule has 0 unspecified atom stereocenters. The Kier molecular flexibility index (Phi) is 26.8. The molecule has 0 aromatic heterocycles. The van der Waals surface area contributed by atoms with Crippen molar-refractivity contribution in [3.63, 3.8) is 0 Å². The molecule has 17 heavy (non-hydrogen) atoms. The Hall–Kier alpha value is -0.430. The Morgan fingerprint density at radius 1 is 0.647 bits per heavy atom. The first-order chi connectivity index (χ1) is 7.61. The molecule has 0 radical (unpaired) electrons. The molecule has 0 N–H and O–H groups in total. The van der Waals surface area contributed by atoms with Crippen molar-refractivity contribution in [2.24, 2.45) is 0 Å². The van der Waals surface area contributed by atoms with Crippen LogP contribution in [-0.2, 0) is 0 Å². The zero-order valence-corrected chi connectivity index (χ0v) is 13.5. The van der Waals surface area contributed by atoms with E-state index >= 15 is 0 Å². The monoisotopic (exact) mass is 258 g/mol. The highest BCUT2D eigenvalue weighted by atomic mass is 32.1. The van der Waals surface area contributed by atoms with Gasteiger partial charge in [0, 0.05) is 4.90 Å². The van der Waals surface area contributed by atoms with Crippen LogP contribution in [-0.4, -0.2) is 0 Å². The normalized spacial score (nSPS) is 6.94. The van der Waals surface area contributed by atoms with Crippen molar-refractivity contribution >= 4 is 12.6 Å². The molecule has 1 aromatic carbocycles. The van der Waals surface area contributed by atoms with E-state index in [1.807, 2.05) is 41.5 Å². The van der Waals surface area contributed by atoms with Gasteiger partial charge in [0.05, 0.1) is 0 Å². The molecule has 0 saturated heterocycles. The molecule has 0 atom stereocenters. The van der Waals surface area contributed by atoms with Crippen molar-refractivity contribution in [2.75, 3.05) is 0 Å². The molecule has 1 rings (SSSR count). The van der Waals surface area contributed by atoms with E-state index in [0.29, 0.717) is 0 Å². The van der Waals surface area contributed by atoms with E-state index in [4.69, 9.17) is 0 Å². The van der Waals surface area contributed by atoms with Crippen LogP contribution < -0.4 is 0 Å². The second-order valence-corrected chi connectivity index (χ2v) is 3.20. The molecule has 0 aliphatic heterocycles. The van der Waals surface area contributed by atoms with Gasteiger partial charge in [-0.05, 0) is 43.5 Å². The second-order valence-electron chi connectivity index (χ2n) is 2.72. The molecule has 0 amide bonds. The van der Waals surface area contributed by atoms with Crippen molar-refractivity contribution in [3.8, 4) is 0 Å². The third kappa shape index (κ3) is 11.8. The lowest BCUT2D eigenvalue weighted by atomic mass is 10.1. The van der Waals surface area contributed by atoms with Crippen LogP contribution in [0.15, 0.2) is 17.0 Å². The smallest absolute Gasteiger partial charge is 0.00720 e. The van der Waals surface area contributed by atoms with E-state index < -0.39 is 0 Å². The summed E-state index contributed by atoms with van der Waals surface area (Å²) in [7, 11) is 0. The van der Waals surface area contributed by atoms with Crippen molar-refractivity contribution < 1.29 is 0 Å². The van der Waals surface area contributed by atoms with Gasteiger partial charge in [-0.3, -0.25) is 0 Å². The molecule has 1 aromatic rings. The lowest BCUT2D eigenvalue weighted by Crippen LogP contribution is -1.83. The molecular weight excluding hydrogens is 224 g/mol. The Morgan fingerprint density at radius 2 is 0.941 bits per heavy atom. The van der Waals surface area contributed by atoms with Crippen LogP contribution in [0.2, 0.25) is 0 Å². The van der Waals surface area contributed by atoms with E-state index in [9.17, 15) is 0 Å². The molecule has 1 heteroatoms. The predicted molar refractivity (Wildman–Crippen MR) is 88.7 cm³/mol. The van der Waals surface area contributed by atoms with Crippen LogP contribution in [0.4, 0.5) is 0 Å². The van der Waals surface area contributed by atoms with Crippen LogP contribution in [0.3, 0.4) is 0 Å². The highest BCUT2D eigenvalue weighted by molar-refractivity contribution is 7.80. The minimum Gasteiger partial charge on any atom is -0.143 e. The molecule has 0 nitrogen and oxygen atoms in total. The van der Waals surface area contributed by atoms with Crippen molar-refractivity contribution in [2.45, 2.75) is 74.6 Å². The Bertz CT molecular complexity index is 202. The summed E-state index contributed by atoms with van der Waals surface area (Å²) in [5, 5.41) is 0. The molecule has 0 bridgehead atoms. The lowest BCUT2D eigenvalue weighted by molar-refractivity contribution is 1.21. The number of aryl methyl sites for hydroxylation is 3. The fourth-order valence-corrected chi connectivity index (χ4v) is 1.20. The van der Waals surface area contributed by atoms with Crippen LogP contribution in [0.5, 0.6) is 0 Å². The molecular formula is C16H34S. The van der Waals surface area contributed by atoms with Crippen molar-refractivity contribution in [1.82, 2.24) is 0 Å². The Labute approximate surface area is 116 Å². The maximum Gasteiger partial charge on any atom is 0.00720 e. The predicted octanol–water partition coefficient (Wildman–Crippen LogP) is 6.62. The van der Waals surface area contributed by atoms with Crippen LogP contribution in [0.1, 0.15) is 65.7 Å². The zero-order chi connectivity index (χ0) is 13.7. The van der Waals surface area contributed by atoms with Gasteiger partial charge >= 0.3 is 0 Å². The van der Waals surface area contributed by atoms with Gasteiger partial charge in [0.2, 0.25) is 0 Å². The van der Waals surface area contributed by atoms with E-state index in [-0.39, 0.29) is 7.43 Å². The summed E-state index contributed by atoms with van der Waals surface area (Å²) >= 11 is 4.31. The lowest BCUT2D eigenvalue weighted by Gasteiger charge is -2.03. The number of rotatable bonds is 0. The van der Waals surface area contributed by atoms with Gasteiger partial charge in [-0.2, -0.15) is 0 Å². The van der Waals surface area contributed by atoms with Gasteiger partial charge in [0.25, 0.3) is 0 Å². The van der Waals surface area contributed by atoms with Gasteiger partial charge < -0.3 is 0 Å². The summed E-state index contributed by atoms with van der Waals surface area (Å²) in [6.45, 7) is 18.3. The maximum atomic E-state index is 4.31. The first kappa shape index (κ1) is 25.4. The third-order valence-electron chi connectivity index (χ3n) is 1.81. The highest BCUT2D eigenvalue weighted by Crippen LogP contribution is 2.17. The fraction of sp³-hybridized carbons (Fsp3) is 0.625.